The van der Waals surface area contributed by atoms with Gasteiger partial charge in [0.25, 0.3) is 0 Å². The minimum atomic E-state index is -2.71. The second-order valence-electron chi connectivity index (χ2n) is 6.54. The highest BCUT2D eigenvalue weighted by Gasteiger charge is 2.47. The normalized spacial score (nSPS) is 14.7. The molecular formula is C18H20N2O10. The molecule has 2 atom stereocenters. The maximum absolute atomic E-state index is 12.9. The lowest BCUT2D eigenvalue weighted by atomic mass is 9.79. The summed E-state index contributed by atoms with van der Waals surface area (Å²) in [7, 11) is 0. The van der Waals surface area contributed by atoms with Gasteiger partial charge in [0.05, 0.1) is 0 Å². The van der Waals surface area contributed by atoms with Crippen molar-refractivity contribution in [1.82, 2.24) is 0 Å². The molecule has 0 spiro atoms. The van der Waals surface area contributed by atoms with E-state index in [9.17, 15) is 39.0 Å². The molecule has 12 nitrogen and oxygen atoms in total. The minimum Gasteiger partial charge on any atom is -0.481 e. The van der Waals surface area contributed by atoms with E-state index in [4.69, 9.17) is 21.7 Å². The van der Waals surface area contributed by atoms with Crippen molar-refractivity contribution in [2.45, 2.75) is 36.8 Å². The van der Waals surface area contributed by atoms with Gasteiger partial charge in [-0.1, -0.05) is 24.3 Å². The van der Waals surface area contributed by atoms with Crippen LogP contribution in [0.15, 0.2) is 24.3 Å². The number of benzene rings is 1. The van der Waals surface area contributed by atoms with Crippen molar-refractivity contribution in [1.29, 1.82) is 0 Å². The van der Waals surface area contributed by atoms with E-state index in [-0.39, 0.29) is 0 Å². The van der Waals surface area contributed by atoms with E-state index < -0.39 is 83.3 Å². The van der Waals surface area contributed by atoms with Crippen molar-refractivity contribution in [3.8, 4) is 0 Å². The number of carboxylic acid groups (broad SMARTS) is 4. The Hall–Kier alpha value is -3.64. The van der Waals surface area contributed by atoms with E-state index in [1.54, 1.807) is 0 Å². The minimum absolute atomic E-state index is 0.579. The van der Waals surface area contributed by atoms with Gasteiger partial charge in [-0.3, -0.25) is 19.2 Å². The summed E-state index contributed by atoms with van der Waals surface area (Å²) in [6.07, 6.45) is -3.13. The topological polar surface area (TPSA) is 235 Å². The Balaban J connectivity index is 3.50. The number of rotatable bonds is 12. The molecule has 30 heavy (non-hydrogen) atoms. The number of hydrogen-bond acceptors (Lipinski definition) is 8. The number of nitrogens with two attached hydrogens (primary N) is 2. The van der Waals surface area contributed by atoms with Crippen LogP contribution in [0.4, 0.5) is 0 Å². The molecule has 0 aliphatic heterocycles. The molecule has 0 heterocycles. The van der Waals surface area contributed by atoms with E-state index in [2.05, 4.69) is 0 Å². The van der Waals surface area contributed by atoms with Crippen LogP contribution >= 0.6 is 0 Å². The Labute approximate surface area is 169 Å². The predicted molar refractivity (Wildman–Crippen MR) is 98.0 cm³/mol. The third-order valence-corrected chi connectivity index (χ3v) is 4.46. The number of carboxylic acids is 4. The Kier molecular flexibility index (Phi) is 7.51. The quantitative estimate of drug-likeness (QED) is 0.181. The third kappa shape index (κ3) is 5.04. The van der Waals surface area contributed by atoms with E-state index in [0.29, 0.717) is 0 Å². The van der Waals surface area contributed by atoms with E-state index >= 15 is 0 Å². The summed E-state index contributed by atoms with van der Waals surface area (Å²) in [5, 5.41) is 36.3. The fourth-order valence-electron chi connectivity index (χ4n) is 2.60. The summed E-state index contributed by atoms with van der Waals surface area (Å²) in [6.45, 7) is 0. The van der Waals surface area contributed by atoms with Crippen molar-refractivity contribution < 1.29 is 49.2 Å². The summed E-state index contributed by atoms with van der Waals surface area (Å²) < 4.78 is 0. The van der Waals surface area contributed by atoms with Gasteiger partial charge in [0.2, 0.25) is 0 Å². The first-order valence-corrected chi connectivity index (χ1v) is 8.44. The number of hydrogen-bond donors (Lipinski definition) is 6. The Bertz CT molecular complexity index is 839. The number of carbonyl (C=O) groups is 6. The zero-order chi connectivity index (χ0) is 23.3. The van der Waals surface area contributed by atoms with Crippen LogP contribution in [-0.4, -0.2) is 66.9 Å². The molecule has 12 heteroatoms. The van der Waals surface area contributed by atoms with Crippen LogP contribution in [0.3, 0.4) is 0 Å². The molecule has 162 valence electrons. The molecule has 0 aliphatic rings. The third-order valence-electron chi connectivity index (χ3n) is 4.46. The molecule has 1 aromatic rings. The maximum Gasteiger partial charge on any atom is 0.331 e. The predicted octanol–water partition coefficient (Wildman–Crippen LogP) is -0.654. The van der Waals surface area contributed by atoms with Crippen molar-refractivity contribution in [3.63, 3.8) is 0 Å². The van der Waals surface area contributed by atoms with Gasteiger partial charge in [-0.15, -0.1) is 0 Å². The summed E-state index contributed by atoms with van der Waals surface area (Å²) in [6, 6.07) is 4.53. The van der Waals surface area contributed by atoms with Gasteiger partial charge in [0, 0.05) is 24.0 Å². The van der Waals surface area contributed by atoms with Crippen LogP contribution < -0.4 is 11.5 Å². The number of Topliss-reactive ketones (excluding diaryl/α,β-unsaturated/α-hetero) is 2. The largest absolute Gasteiger partial charge is 0.481 e. The van der Waals surface area contributed by atoms with E-state index in [1.165, 1.54) is 12.1 Å². The lowest BCUT2D eigenvalue weighted by molar-refractivity contribution is -0.144. The van der Waals surface area contributed by atoms with E-state index in [0.717, 1.165) is 12.1 Å². The SMILES string of the molecule is N[C@](CCC(=O)O)(C(=O)O)C(=O)c1ccccc1C(=O)[C@@](N)(CCC(=O)O)C(=O)O. The van der Waals surface area contributed by atoms with Gasteiger partial charge in [-0.2, -0.15) is 0 Å². The van der Waals surface area contributed by atoms with Crippen molar-refractivity contribution in [2.24, 2.45) is 11.5 Å². The standard InChI is InChI=1S/C18H20N2O10/c19-17(15(27)28,7-5-11(21)22)13(25)9-3-1-2-4-10(9)14(26)18(20,16(29)30)8-6-12(23)24/h1-4H,5-8,19-20H2,(H,21,22)(H,23,24)(H,27,28)(H,29,30)/t17-,18-/m0/s1. The van der Waals surface area contributed by atoms with Gasteiger partial charge in [0.15, 0.2) is 22.6 Å². The molecule has 0 aliphatic carbocycles. The smallest absolute Gasteiger partial charge is 0.331 e. The monoisotopic (exact) mass is 424 g/mol. The average molecular weight is 424 g/mol. The highest BCUT2D eigenvalue weighted by molar-refractivity contribution is 6.24. The first-order chi connectivity index (χ1) is 13.8. The van der Waals surface area contributed by atoms with Gasteiger partial charge in [-0.25, -0.2) is 9.59 Å². The first kappa shape index (κ1) is 24.4. The molecule has 8 N–H and O–H groups in total. The molecule has 0 radical (unpaired) electrons. The van der Waals surface area contributed by atoms with Crippen LogP contribution in [0.25, 0.3) is 0 Å². The second kappa shape index (κ2) is 9.24. The molecule has 0 aromatic heterocycles. The molecular weight excluding hydrogens is 404 g/mol. The average Bonchev–Trinajstić information content (AvgIpc) is 2.68. The molecule has 0 fully saturated rings. The van der Waals surface area contributed by atoms with E-state index in [1.807, 2.05) is 0 Å². The summed E-state index contributed by atoms with van der Waals surface area (Å²) in [4.78, 5) is 70.5. The lowest BCUT2D eigenvalue weighted by Crippen LogP contribution is -2.57. The van der Waals surface area contributed by atoms with Crippen LogP contribution in [-0.2, 0) is 19.2 Å². The van der Waals surface area contributed by atoms with Crippen LogP contribution in [0.5, 0.6) is 0 Å². The maximum atomic E-state index is 12.9. The van der Waals surface area contributed by atoms with Crippen molar-refractivity contribution >= 4 is 35.4 Å². The molecule has 0 saturated heterocycles. The Morgan fingerprint density at radius 1 is 0.667 bits per heavy atom. The molecule has 0 bridgehead atoms. The Morgan fingerprint density at radius 3 is 1.20 bits per heavy atom. The fourth-order valence-corrected chi connectivity index (χ4v) is 2.60. The first-order valence-electron chi connectivity index (χ1n) is 8.44. The molecule has 1 aromatic carbocycles. The molecule has 0 saturated carbocycles. The number of ketones is 2. The molecule has 0 amide bonds. The van der Waals surface area contributed by atoms with Crippen LogP contribution in [0.2, 0.25) is 0 Å². The highest BCUT2D eigenvalue weighted by Crippen LogP contribution is 2.25. The molecule has 0 unspecified atom stereocenters. The Morgan fingerprint density at radius 2 is 0.967 bits per heavy atom. The summed E-state index contributed by atoms with van der Waals surface area (Å²) >= 11 is 0. The summed E-state index contributed by atoms with van der Waals surface area (Å²) in [5.74, 6) is -9.18. The number of aliphatic carboxylic acids is 4. The van der Waals surface area contributed by atoms with Gasteiger partial charge in [-0.05, 0) is 12.8 Å². The molecule has 1 rings (SSSR count). The number of carbonyl (C=O) groups excluding carboxylic acids is 2. The van der Waals surface area contributed by atoms with Gasteiger partial charge in [0.1, 0.15) is 0 Å². The zero-order valence-electron chi connectivity index (χ0n) is 15.5. The van der Waals surface area contributed by atoms with Crippen molar-refractivity contribution in [3.05, 3.63) is 35.4 Å². The lowest BCUT2D eigenvalue weighted by Gasteiger charge is -2.26. The van der Waals surface area contributed by atoms with Crippen LogP contribution in [0, 0.1) is 0 Å². The van der Waals surface area contributed by atoms with Gasteiger partial charge < -0.3 is 31.9 Å². The highest BCUT2D eigenvalue weighted by atomic mass is 16.4. The van der Waals surface area contributed by atoms with Crippen LogP contribution in [0.1, 0.15) is 46.4 Å². The van der Waals surface area contributed by atoms with Crippen molar-refractivity contribution in [2.75, 3.05) is 0 Å². The zero-order valence-corrected chi connectivity index (χ0v) is 15.5. The fraction of sp³-hybridized carbons (Fsp3) is 0.333. The second-order valence-corrected chi connectivity index (χ2v) is 6.54. The summed E-state index contributed by atoms with van der Waals surface area (Å²) in [5.41, 5.74) is 4.72. The van der Waals surface area contributed by atoms with Gasteiger partial charge >= 0.3 is 23.9 Å².